The molecule has 0 radical (unpaired) electrons. The molecule has 2 heterocycles. The van der Waals surface area contributed by atoms with Crippen LogP contribution in [0.2, 0.25) is 0 Å². The summed E-state index contributed by atoms with van der Waals surface area (Å²) >= 11 is 1.26. The number of nitrogens with zero attached hydrogens (tertiary/aromatic N) is 1. The second-order valence-electron chi connectivity index (χ2n) is 7.87. The summed E-state index contributed by atoms with van der Waals surface area (Å²) in [5.41, 5.74) is 1.17. The summed E-state index contributed by atoms with van der Waals surface area (Å²) in [6.07, 6.45) is -0.0456. The van der Waals surface area contributed by atoms with Crippen LogP contribution in [0.15, 0.2) is 66.0 Å². The largest absolute Gasteiger partial charge is 0.465 e. The van der Waals surface area contributed by atoms with Gasteiger partial charge in [-0.05, 0) is 60.0 Å². The van der Waals surface area contributed by atoms with E-state index in [4.69, 9.17) is 9.47 Å². The summed E-state index contributed by atoms with van der Waals surface area (Å²) < 4.78 is 15.1. The molecular formula is C26H21NO8S. The van der Waals surface area contributed by atoms with Gasteiger partial charge in [-0.25, -0.2) is 9.59 Å². The lowest BCUT2D eigenvalue weighted by Crippen LogP contribution is -2.27. The SMILES string of the molecule is COC(=O)c1ccc(N2C[C@H](C(=O)OCC(=O)c3ccc(OC(=O)c4cccs4)cc3)CC2=O)cc1. The van der Waals surface area contributed by atoms with Gasteiger partial charge in [0.05, 0.1) is 18.6 Å². The summed E-state index contributed by atoms with van der Waals surface area (Å²) in [6.45, 7) is -0.376. The molecule has 0 N–H and O–H groups in total. The van der Waals surface area contributed by atoms with Gasteiger partial charge in [0.2, 0.25) is 5.91 Å². The van der Waals surface area contributed by atoms with Crippen molar-refractivity contribution in [1.29, 1.82) is 0 Å². The van der Waals surface area contributed by atoms with Crippen molar-refractivity contribution >= 4 is 46.6 Å². The van der Waals surface area contributed by atoms with Crippen LogP contribution in [0.5, 0.6) is 5.75 Å². The summed E-state index contributed by atoms with van der Waals surface area (Å²) in [7, 11) is 1.28. The molecule has 1 fully saturated rings. The quantitative estimate of drug-likeness (QED) is 0.258. The second-order valence-corrected chi connectivity index (χ2v) is 8.81. The first-order valence-electron chi connectivity index (χ1n) is 10.9. The van der Waals surface area contributed by atoms with Gasteiger partial charge in [0.25, 0.3) is 0 Å². The highest BCUT2D eigenvalue weighted by Crippen LogP contribution is 2.26. The first-order chi connectivity index (χ1) is 17.4. The van der Waals surface area contributed by atoms with E-state index in [1.54, 1.807) is 29.6 Å². The summed E-state index contributed by atoms with van der Waals surface area (Å²) in [4.78, 5) is 62.9. The smallest absolute Gasteiger partial charge is 0.353 e. The standard InChI is InChI=1S/C26H21NO8S/c1-33-24(30)17-4-8-19(9-5-17)27-14-18(13-23(27)29)25(31)34-15-21(28)16-6-10-20(11-7-16)35-26(32)22-3-2-12-36-22/h2-12,18H,13-15H2,1H3/t18-/m1/s1. The molecule has 0 bridgehead atoms. The lowest BCUT2D eigenvalue weighted by Gasteiger charge is -2.16. The number of ketones is 1. The normalized spacial score (nSPS) is 14.9. The topological polar surface area (TPSA) is 116 Å². The molecule has 1 aliphatic rings. The molecule has 2 aromatic carbocycles. The molecule has 1 aromatic heterocycles. The van der Waals surface area contributed by atoms with Gasteiger partial charge in [0.15, 0.2) is 12.4 Å². The lowest BCUT2D eigenvalue weighted by molar-refractivity contribution is -0.147. The molecule has 1 aliphatic heterocycles. The number of Topliss-reactive ketones (excluding diaryl/α,β-unsaturated/α-hetero) is 1. The number of methoxy groups -OCH3 is 1. The van der Waals surface area contributed by atoms with Gasteiger partial charge in [0, 0.05) is 24.2 Å². The number of ether oxygens (including phenoxy) is 3. The number of esters is 3. The zero-order chi connectivity index (χ0) is 25.7. The molecule has 3 aromatic rings. The van der Waals surface area contributed by atoms with Crippen molar-refractivity contribution in [2.75, 3.05) is 25.2 Å². The number of anilines is 1. The third-order valence-corrected chi connectivity index (χ3v) is 6.36. The molecule has 0 unspecified atom stereocenters. The van der Waals surface area contributed by atoms with E-state index in [0.29, 0.717) is 16.1 Å². The molecule has 0 spiro atoms. The van der Waals surface area contributed by atoms with E-state index in [9.17, 15) is 24.0 Å². The Kier molecular flexibility index (Phi) is 7.55. The fourth-order valence-corrected chi connectivity index (χ4v) is 4.21. The highest BCUT2D eigenvalue weighted by molar-refractivity contribution is 7.12. The third-order valence-electron chi connectivity index (χ3n) is 5.51. The van der Waals surface area contributed by atoms with Gasteiger partial charge in [-0.3, -0.25) is 14.4 Å². The molecule has 1 amide bonds. The fourth-order valence-electron chi connectivity index (χ4n) is 3.61. The number of hydrogen-bond donors (Lipinski definition) is 0. The van der Waals surface area contributed by atoms with E-state index in [0.717, 1.165) is 0 Å². The van der Waals surface area contributed by atoms with Crippen LogP contribution in [0.3, 0.4) is 0 Å². The van der Waals surface area contributed by atoms with E-state index < -0.39 is 36.2 Å². The Labute approximate surface area is 210 Å². The predicted molar refractivity (Wildman–Crippen MR) is 129 cm³/mol. The molecule has 0 aliphatic carbocycles. The van der Waals surface area contributed by atoms with Crippen LogP contribution >= 0.6 is 11.3 Å². The number of thiophene rings is 1. The van der Waals surface area contributed by atoms with Crippen LogP contribution in [0, 0.1) is 5.92 Å². The Hall–Kier alpha value is -4.31. The monoisotopic (exact) mass is 507 g/mol. The van der Waals surface area contributed by atoms with Gasteiger partial charge in [0.1, 0.15) is 10.6 Å². The van der Waals surface area contributed by atoms with E-state index in [1.807, 2.05) is 0 Å². The molecule has 1 atom stereocenters. The Morgan fingerprint density at radius 1 is 0.944 bits per heavy atom. The maximum absolute atomic E-state index is 12.5. The average Bonchev–Trinajstić information content (AvgIpc) is 3.57. The molecular weight excluding hydrogens is 486 g/mol. The van der Waals surface area contributed by atoms with Gasteiger partial charge < -0.3 is 19.1 Å². The van der Waals surface area contributed by atoms with E-state index in [2.05, 4.69) is 4.74 Å². The molecule has 184 valence electrons. The van der Waals surface area contributed by atoms with Crippen LogP contribution in [-0.2, 0) is 19.1 Å². The summed E-state index contributed by atoms with van der Waals surface area (Å²) in [6, 6.07) is 15.6. The van der Waals surface area contributed by atoms with E-state index in [-0.39, 0.29) is 30.2 Å². The highest BCUT2D eigenvalue weighted by atomic mass is 32.1. The molecule has 10 heteroatoms. The van der Waals surface area contributed by atoms with Crippen LogP contribution < -0.4 is 9.64 Å². The highest BCUT2D eigenvalue weighted by Gasteiger charge is 2.36. The van der Waals surface area contributed by atoms with E-state index in [1.165, 1.54) is 59.7 Å². The molecule has 36 heavy (non-hydrogen) atoms. The molecule has 0 saturated carbocycles. The number of benzene rings is 2. The van der Waals surface area contributed by atoms with Crippen LogP contribution in [0.1, 0.15) is 36.8 Å². The number of carbonyl (C=O) groups is 5. The van der Waals surface area contributed by atoms with Gasteiger partial charge in [-0.1, -0.05) is 6.07 Å². The Balaban J connectivity index is 1.28. The maximum Gasteiger partial charge on any atom is 0.353 e. The first kappa shape index (κ1) is 24.8. The van der Waals surface area contributed by atoms with Gasteiger partial charge >= 0.3 is 17.9 Å². The number of carbonyl (C=O) groups excluding carboxylic acids is 5. The third kappa shape index (κ3) is 5.66. The zero-order valence-corrected chi connectivity index (χ0v) is 20.0. The van der Waals surface area contributed by atoms with Crippen LogP contribution in [-0.4, -0.2) is 49.9 Å². The van der Waals surface area contributed by atoms with Crippen LogP contribution in [0.25, 0.3) is 0 Å². The van der Waals surface area contributed by atoms with Crippen molar-refractivity contribution in [2.45, 2.75) is 6.42 Å². The van der Waals surface area contributed by atoms with Gasteiger partial charge in [-0.2, -0.15) is 0 Å². The lowest BCUT2D eigenvalue weighted by atomic mass is 10.1. The minimum atomic E-state index is -0.718. The number of hydrogen-bond acceptors (Lipinski definition) is 9. The Morgan fingerprint density at radius 2 is 1.64 bits per heavy atom. The zero-order valence-electron chi connectivity index (χ0n) is 19.2. The maximum atomic E-state index is 12.5. The molecule has 4 rings (SSSR count). The van der Waals surface area contributed by atoms with Crippen molar-refractivity contribution in [1.82, 2.24) is 0 Å². The second kappa shape index (κ2) is 11.0. The van der Waals surface area contributed by atoms with Crippen LogP contribution in [0.4, 0.5) is 5.69 Å². The van der Waals surface area contributed by atoms with Crippen molar-refractivity contribution in [2.24, 2.45) is 5.92 Å². The number of rotatable bonds is 8. The van der Waals surface area contributed by atoms with E-state index >= 15 is 0 Å². The molecule has 9 nitrogen and oxygen atoms in total. The Bertz CT molecular complexity index is 1280. The predicted octanol–water partition coefficient (Wildman–Crippen LogP) is 3.53. The minimum Gasteiger partial charge on any atom is -0.465 e. The van der Waals surface area contributed by atoms with Crippen molar-refractivity contribution < 1.29 is 38.2 Å². The van der Waals surface area contributed by atoms with Crippen molar-refractivity contribution in [3.8, 4) is 5.75 Å². The van der Waals surface area contributed by atoms with Crippen molar-refractivity contribution in [3.05, 3.63) is 82.0 Å². The molecule has 1 saturated heterocycles. The fraction of sp³-hybridized carbons (Fsp3) is 0.192. The summed E-state index contributed by atoms with van der Waals surface area (Å²) in [5, 5.41) is 1.77. The minimum absolute atomic E-state index is 0.0456. The van der Waals surface area contributed by atoms with Crippen molar-refractivity contribution in [3.63, 3.8) is 0 Å². The first-order valence-corrected chi connectivity index (χ1v) is 11.8. The summed E-state index contributed by atoms with van der Waals surface area (Å²) in [5.74, 6) is -2.75. The average molecular weight is 508 g/mol. The Morgan fingerprint density at radius 3 is 2.28 bits per heavy atom. The number of amides is 1. The van der Waals surface area contributed by atoms with Gasteiger partial charge in [-0.15, -0.1) is 11.3 Å².